The van der Waals surface area contributed by atoms with Crippen LogP contribution in [-0.4, -0.2) is 62.6 Å². The fraction of sp³-hybridized carbons (Fsp3) is 0.353. The predicted molar refractivity (Wildman–Crippen MR) is 165 cm³/mol. The fourth-order valence-corrected chi connectivity index (χ4v) is 5.41. The molecule has 1 aliphatic heterocycles. The summed E-state index contributed by atoms with van der Waals surface area (Å²) in [6.07, 6.45) is 1.56. The Bertz CT molecular complexity index is 1560. The number of hydrogen-bond acceptors (Lipinski definition) is 7. The summed E-state index contributed by atoms with van der Waals surface area (Å²) < 4.78 is 28.1. The molecule has 1 atom stereocenters. The molecule has 2 heterocycles. The van der Waals surface area contributed by atoms with Crippen molar-refractivity contribution in [2.75, 3.05) is 41.6 Å². The van der Waals surface area contributed by atoms with Gasteiger partial charge in [0, 0.05) is 17.7 Å². The summed E-state index contributed by atoms with van der Waals surface area (Å²) in [5, 5.41) is 7.64. The second-order valence-corrected chi connectivity index (χ2v) is 10.9. The van der Waals surface area contributed by atoms with Crippen molar-refractivity contribution < 1.29 is 28.5 Å². The fourth-order valence-electron chi connectivity index (χ4n) is 5.41. The summed E-state index contributed by atoms with van der Waals surface area (Å²) in [4.78, 5) is 15.8. The van der Waals surface area contributed by atoms with Crippen molar-refractivity contribution in [2.45, 2.75) is 32.7 Å². The van der Waals surface area contributed by atoms with Crippen LogP contribution >= 0.6 is 0 Å². The molecule has 0 saturated heterocycles. The zero-order valence-corrected chi connectivity index (χ0v) is 25.6. The number of carbonyl (C=O) groups is 1. The first-order valence-electron chi connectivity index (χ1n) is 14.4. The van der Waals surface area contributed by atoms with Crippen LogP contribution in [0.3, 0.4) is 0 Å². The highest BCUT2D eigenvalue weighted by atomic mass is 16.5. The van der Waals surface area contributed by atoms with Gasteiger partial charge in [-0.2, -0.15) is 5.10 Å². The highest BCUT2D eigenvalue weighted by Gasteiger charge is 2.42. The average molecular weight is 586 g/mol. The first kappa shape index (κ1) is 29.8. The second kappa shape index (κ2) is 13.1. The monoisotopic (exact) mass is 585 g/mol. The van der Waals surface area contributed by atoms with Gasteiger partial charge in [-0.15, -0.1) is 0 Å². The molecule has 1 aromatic heterocycles. The minimum atomic E-state index is -0.392. The molecule has 4 aromatic rings. The van der Waals surface area contributed by atoms with Gasteiger partial charge in [-0.05, 0) is 78.4 Å². The number of nitrogens with zero attached hydrogens (tertiary/aromatic N) is 2. The van der Waals surface area contributed by atoms with E-state index in [-0.39, 0.29) is 5.91 Å². The minimum absolute atomic E-state index is 0.107. The molecule has 0 saturated carbocycles. The molecule has 1 N–H and O–H groups in total. The van der Waals surface area contributed by atoms with Crippen LogP contribution in [0.25, 0.3) is 11.3 Å². The SMILES string of the molecule is COc1ccc(-c2n[nH]c3c2C(c2ccc(OCCC(C)C)c(OC)c2)N(CCc2ccc(OC)c(OC)c2)C3=O)cc1. The van der Waals surface area contributed by atoms with Crippen LogP contribution in [0.4, 0.5) is 0 Å². The third-order valence-corrected chi connectivity index (χ3v) is 7.77. The van der Waals surface area contributed by atoms with Crippen molar-refractivity contribution in [3.63, 3.8) is 0 Å². The number of hydrogen-bond donors (Lipinski definition) is 1. The maximum atomic E-state index is 13.9. The Kier molecular flexibility index (Phi) is 9.09. The van der Waals surface area contributed by atoms with Crippen LogP contribution < -0.4 is 23.7 Å². The van der Waals surface area contributed by atoms with E-state index in [1.54, 1.807) is 28.4 Å². The highest BCUT2D eigenvalue weighted by Crippen LogP contribution is 2.45. The summed E-state index contributed by atoms with van der Waals surface area (Å²) in [7, 11) is 6.50. The van der Waals surface area contributed by atoms with Gasteiger partial charge in [-0.25, -0.2) is 0 Å². The van der Waals surface area contributed by atoms with Crippen molar-refractivity contribution in [2.24, 2.45) is 5.92 Å². The molecular formula is C34H39N3O6. The third-order valence-electron chi connectivity index (χ3n) is 7.77. The van der Waals surface area contributed by atoms with Gasteiger partial charge in [0.1, 0.15) is 11.4 Å². The number of benzene rings is 3. The van der Waals surface area contributed by atoms with Gasteiger partial charge >= 0.3 is 0 Å². The number of carbonyl (C=O) groups excluding carboxylic acids is 1. The Balaban J connectivity index is 1.53. The Morgan fingerprint density at radius 1 is 0.837 bits per heavy atom. The highest BCUT2D eigenvalue weighted by molar-refractivity contribution is 6.00. The normalized spacial score (nSPS) is 14.2. The number of amides is 1. The Hall–Kier alpha value is -4.66. The number of aromatic nitrogens is 2. The molecule has 43 heavy (non-hydrogen) atoms. The van der Waals surface area contributed by atoms with Gasteiger partial charge in [0.05, 0.1) is 46.8 Å². The molecule has 5 rings (SSSR count). The van der Waals surface area contributed by atoms with Crippen LogP contribution in [0.5, 0.6) is 28.7 Å². The Morgan fingerprint density at radius 2 is 1.53 bits per heavy atom. The maximum Gasteiger partial charge on any atom is 0.273 e. The zero-order chi connectivity index (χ0) is 30.5. The van der Waals surface area contributed by atoms with Crippen molar-refractivity contribution >= 4 is 5.91 Å². The van der Waals surface area contributed by atoms with Gasteiger partial charge in [0.15, 0.2) is 23.0 Å². The van der Waals surface area contributed by atoms with E-state index < -0.39 is 6.04 Å². The lowest BCUT2D eigenvalue weighted by Gasteiger charge is -2.27. The first-order valence-corrected chi connectivity index (χ1v) is 14.4. The topological polar surface area (TPSA) is 95.1 Å². The van der Waals surface area contributed by atoms with Crippen molar-refractivity contribution in [1.82, 2.24) is 15.1 Å². The lowest BCUT2D eigenvalue weighted by molar-refractivity contribution is 0.0745. The van der Waals surface area contributed by atoms with Crippen LogP contribution in [0.1, 0.15) is 53.5 Å². The molecule has 226 valence electrons. The lowest BCUT2D eigenvalue weighted by atomic mass is 9.95. The summed E-state index contributed by atoms with van der Waals surface area (Å²) in [6.45, 7) is 5.40. The van der Waals surface area contributed by atoms with Gasteiger partial charge in [0.2, 0.25) is 0 Å². The maximum absolute atomic E-state index is 13.9. The Morgan fingerprint density at radius 3 is 2.21 bits per heavy atom. The van der Waals surface area contributed by atoms with E-state index in [1.165, 1.54) is 0 Å². The number of aromatic amines is 1. The van der Waals surface area contributed by atoms with Crippen LogP contribution in [0, 0.1) is 5.92 Å². The lowest BCUT2D eigenvalue weighted by Crippen LogP contribution is -2.31. The molecule has 1 aliphatic rings. The van der Waals surface area contributed by atoms with Crippen LogP contribution in [0.2, 0.25) is 0 Å². The molecular weight excluding hydrogens is 546 g/mol. The van der Waals surface area contributed by atoms with Crippen molar-refractivity contribution in [3.8, 4) is 40.0 Å². The van der Waals surface area contributed by atoms with Crippen molar-refractivity contribution in [3.05, 3.63) is 83.0 Å². The number of ether oxygens (including phenoxy) is 5. The molecule has 0 spiro atoms. The largest absolute Gasteiger partial charge is 0.497 e. The molecule has 3 aromatic carbocycles. The molecule has 9 heteroatoms. The molecule has 0 aliphatic carbocycles. The first-order chi connectivity index (χ1) is 20.9. The number of fused-ring (bicyclic) bond motifs is 1. The number of methoxy groups -OCH3 is 4. The molecule has 0 radical (unpaired) electrons. The average Bonchev–Trinajstić information content (AvgIpc) is 3.58. The summed E-state index contributed by atoms with van der Waals surface area (Å²) in [5.41, 5.74) is 4.86. The molecule has 1 amide bonds. The number of nitrogens with one attached hydrogen (secondary N) is 1. The second-order valence-electron chi connectivity index (χ2n) is 10.9. The number of rotatable bonds is 13. The Labute approximate surface area is 252 Å². The zero-order valence-electron chi connectivity index (χ0n) is 25.6. The van der Waals surface area contributed by atoms with E-state index in [2.05, 4.69) is 24.0 Å². The van der Waals surface area contributed by atoms with E-state index in [0.29, 0.717) is 54.2 Å². The quantitative estimate of drug-likeness (QED) is 0.196. The summed E-state index contributed by atoms with van der Waals surface area (Å²) >= 11 is 0. The van der Waals surface area contributed by atoms with Crippen LogP contribution in [-0.2, 0) is 6.42 Å². The van der Waals surface area contributed by atoms with E-state index in [9.17, 15) is 4.79 Å². The molecule has 0 bridgehead atoms. The molecule has 9 nitrogen and oxygen atoms in total. The van der Waals surface area contributed by atoms with E-state index in [0.717, 1.165) is 40.1 Å². The molecule has 1 unspecified atom stereocenters. The van der Waals surface area contributed by atoms with Gasteiger partial charge in [-0.3, -0.25) is 9.89 Å². The van der Waals surface area contributed by atoms with Gasteiger partial charge in [-0.1, -0.05) is 26.0 Å². The predicted octanol–water partition coefficient (Wildman–Crippen LogP) is 6.32. The van der Waals surface area contributed by atoms with Gasteiger partial charge < -0.3 is 28.6 Å². The standard InChI is InChI=1S/C34H39N3O6/c1-21(2)16-18-43-27-14-10-24(20-29(27)42-6)33-30-31(23-8-11-25(39-3)12-9-23)35-36-32(30)34(38)37(33)17-15-22-7-13-26(40-4)28(19-22)41-5/h7-14,19-21,33H,15-18H2,1-6H3,(H,35,36). The van der Waals surface area contributed by atoms with Gasteiger partial charge in [0.25, 0.3) is 5.91 Å². The van der Waals surface area contributed by atoms with Crippen LogP contribution in [0.15, 0.2) is 60.7 Å². The number of H-pyrrole nitrogens is 1. The van der Waals surface area contributed by atoms with E-state index >= 15 is 0 Å². The smallest absolute Gasteiger partial charge is 0.273 e. The minimum Gasteiger partial charge on any atom is -0.497 e. The molecule has 0 fully saturated rings. The summed E-state index contributed by atoms with van der Waals surface area (Å²) in [6, 6.07) is 19.0. The van der Waals surface area contributed by atoms with E-state index in [4.69, 9.17) is 23.7 Å². The summed E-state index contributed by atoms with van der Waals surface area (Å²) in [5.74, 6) is 3.78. The van der Waals surface area contributed by atoms with E-state index in [1.807, 2.05) is 65.6 Å². The third kappa shape index (κ3) is 6.11. The van der Waals surface area contributed by atoms with Crippen molar-refractivity contribution in [1.29, 1.82) is 0 Å².